The summed E-state index contributed by atoms with van der Waals surface area (Å²) in [7, 11) is 0. The van der Waals surface area contributed by atoms with Crippen LogP contribution in [-0.2, 0) is 0 Å². The second-order valence-corrected chi connectivity index (χ2v) is 6.21. The number of hydrazone groups is 1. The molecule has 0 amide bonds. The van der Waals surface area contributed by atoms with Crippen molar-refractivity contribution in [1.82, 2.24) is 9.91 Å². The normalized spacial score (nSPS) is 21.3. The van der Waals surface area contributed by atoms with Gasteiger partial charge >= 0.3 is 0 Å². The van der Waals surface area contributed by atoms with Crippen molar-refractivity contribution in [3.05, 3.63) is 0 Å². The van der Waals surface area contributed by atoms with Crippen molar-refractivity contribution >= 4 is 6.34 Å². The first kappa shape index (κ1) is 13.3. The van der Waals surface area contributed by atoms with Crippen LogP contribution in [0.2, 0.25) is 0 Å². The first-order chi connectivity index (χ1) is 7.35. The van der Waals surface area contributed by atoms with Gasteiger partial charge in [0.2, 0.25) is 0 Å². The van der Waals surface area contributed by atoms with E-state index in [1.165, 1.54) is 12.8 Å². The fourth-order valence-electron chi connectivity index (χ4n) is 2.16. The quantitative estimate of drug-likeness (QED) is 0.732. The van der Waals surface area contributed by atoms with Crippen molar-refractivity contribution in [3.63, 3.8) is 0 Å². The van der Waals surface area contributed by atoms with E-state index in [0.717, 1.165) is 6.54 Å². The van der Waals surface area contributed by atoms with E-state index in [2.05, 4.69) is 56.6 Å². The van der Waals surface area contributed by atoms with E-state index in [1.54, 1.807) is 0 Å². The predicted molar refractivity (Wildman–Crippen MR) is 70.3 cm³/mol. The zero-order valence-electron chi connectivity index (χ0n) is 11.7. The molecule has 3 heteroatoms. The van der Waals surface area contributed by atoms with Crippen LogP contribution in [0.3, 0.4) is 0 Å². The van der Waals surface area contributed by atoms with Gasteiger partial charge in [0, 0.05) is 12.6 Å². The first-order valence-electron chi connectivity index (χ1n) is 6.43. The molecule has 0 saturated heterocycles. The number of hydrogen-bond donors (Lipinski definition) is 0. The number of nitrogens with zero attached hydrogens (tertiary/aromatic N) is 3. The fourth-order valence-corrected chi connectivity index (χ4v) is 2.16. The molecule has 1 aliphatic rings. The summed E-state index contributed by atoms with van der Waals surface area (Å²) in [5, 5.41) is 6.77. The molecule has 0 radical (unpaired) electrons. The smallest absolute Gasteiger partial charge is 0.119 e. The van der Waals surface area contributed by atoms with Gasteiger partial charge in [0.1, 0.15) is 12.5 Å². The van der Waals surface area contributed by atoms with Crippen LogP contribution in [0.5, 0.6) is 0 Å². The van der Waals surface area contributed by atoms with Gasteiger partial charge < -0.3 is 4.90 Å². The van der Waals surface area contributed by atoms with Crippen LogP contribution in [0.1, 0.15) is 54.4 Å². The van der Waals surface area contributed by atoms with Crippen LogP contribution in [0.4, 0.5) is 0 Å². The molecule has 0 fully saturated rings. The van der Waals surface area contributed by atoms with Crippen molar-refractivity contribution in [1.29, 1.82) is 0 Å². The summed E-state index contributed by atoms with van der Waals surface area (Å²) in [6.07, 6.45) is 4.88. The van der Waals surface area contributed by atoms with Crippen molar-refractivity contribution in [2.24, 2.45) is 10.5 Å². The van der Waals surface area contributed by atoms with Gasteiger partial charge in [-0.15, -0.1) is 0 Å². The van der Waals surface area contributed by atoms with Gasteiger partial charge in [0.15, 0.2) is 0 Å². The molecule has 0 saturated carbocycles. The van der Waals surface area contributed by atoms with Crippen molar-refractivity contribution in [3.8, 4) is 0 Å². The van der Waals surface area contributed by atoms with Crippen molar-refractivity contribution in [2.75, 3.05) is 6.54 Å². The molecule has 0 aromatic heterocycles. The van der Waals surface area contributed by atoms with E-state index in [9.17, 15) is 0 Å². The largest absolute Gasteiger partial charge is 0.339 e. The Morgan fingerprint density at radius 2 is 1.94 bits per heavy atom. The molecule has 1 unspecified atom stereocenters. The zero-order valence-corrected chi connectivity index (χ0v) is 11.7. The van der Waals surface area contributed by atoms with Crippen LogP contribution in [0, 0.1) is 5.41 Å². The summed E-state index contributed by atoms with van der Waals surface area (Å²) in [5.74, 6) is 0. The molecule has 1 aliphatic heterocycles. The maximum Gasteiger partial charge on any atom is 0.119 e. The van der Waals surface area contributed by atoms with Crippen molar-refractivity contribution in [2.45, 2.75) is 66.6 Å². The highest BCUT2D eigenvalue weighted by atomic mass is 15.6. The summed E-state index contributed by atoms with van der Waals surface area (Å²) >= 11 is 0. The summed E-state index contributed by atoms with van der Waals surface area (Å²) in [5.41, 5.74) is 0.324. The third kappa shape index (κ3) is 3.39. The molecule has 3 nitrogen and oxygen atoms in total. The topological polar surface area (TPSA) is 18.8 Å². The number of hydrogen-bond acceptors (Lipinski definition) is 3. The maximum atomic E-state index is 4.54. The fraction of sp³-hybridized carbons (Fsp3) is 0.923. The lowest BCUT2D eigenvalue weighted by Crippen LogP contribution is -2.45. The molecule has 1 heterocycles. The molecule has 1 atom stereocenters. The van der Waals surface area contributed by atoms with Gasteiger partial charge in [0.05, 0.1) is 0 Å². The highest BCUT2D eigenvalue weighted by Gasteiger charge is 2.30. The van der Waals surface area contributed by atoms with Crippen LogP contribution in [-0.4, -0.2) is 35.0 Å². The molecular formula is C13H27N3. The van der Waals surface area contributed by atoms with Gasteiger partial charge in [-0.1, -0.05) is 34.1 Å². The van der Waals surface area contributed by atoms with Crippen LogP contribution in [0.15, 0.2) is 5.10 Å². The average molecular weight is 225 g/mol. The van der Waals surface area contributed by atoms with Gasteiger partial charge in [-0.25, -0.2) is 0 Å². The van der Waals surface area contributed by atoms with E-state index in [4.69, 9.17) is 0 Å². The summed E-state index contributed by atoms with van der Waals surface area (Å²) in [6.45, 7) is 14.6. The van der Waals surface area contributed by atoms with E-state index in [0.29, 0.717) is 17.6 Å². The Bertz CT molecular complexity index is 240. The molecule has 0 aliphatic carbocycles. The van der Waals surface area contributed by atoms with Gasteiger partial charge in [0.25, 0.3) is 0 Å². The third-order valence-electron chi connectivity index (χ3n) is 2.75. The monoisotopic (exact) mass is 225 g/mol. The molecule has 16 heavy (non-hydrogen) atoms. The SMILES string of the molecule is CCCC1N(CC(C)(C)C)C=NN1C(C)C. The molecule has 0 spiro atoms. The van der Waals surface area contributed by atoms with E-state index >= 15 is 0 Å². The highest BCUT2D eigenvalue weighted by molar-refractivity contribution is 5.57. The summed E-state index contributed by atoms with van der Waals surface area (Å²) in [4.78, 5) is 2.39. The molecule has 0 bridgehead atoms. The number of rotatable bonds is 4. The Hall–Kier alpha value is -0.730. The third-order valence-corrected chi connectivity index (χ3v) is 2.75. The minimum absolute atomic E-state index is 0.324. The standard InChI is InChI=1S/C13H27N3/c1-7-8-12-15(9-13(4,5)6)10-14-16(12)11(2)3/h10-12H,7-9H2,1-6H3. The lowest BCUT2D eigenvalue weighted by Gasteiger charge is -2.36. The molecular weight excluding hydrogens is 198 g/mol. The zero-order chi connectivity index (χ0) is 12.3. The maximum absolute atomic E-state index is 4.54. The first-order valence-corrected chi connectivity index (χ1v) is 6.43. The van der Waals surface area contributed by atoms with Gasteiger partial charge in [-0.05, 0) is 25.7 Å². The Morgan fingerprint density at radius 1 is 1.31 bits per heavy atom. The van der Waals surface area contributed by atoms with E-state index in [1.807, 2.05) is 6.34 Å². The second-order valence-electron chi connectivity index (χ2n) is 6.21. The average Bonchev–Trinajstić information content (AvgIpc) is 2.47. The highest BCUT2D eigenvalue weighted by Crippen LogP contribution is 2.24. The lowest BCUT2D eigenvalue weighted by molar-refractivity contribution is 0.0749. The Balaban J connectivity index is 2.68. The Morgan fingerprint density at radius 3 is 2.38 bits per heavy atom. The van der Waals surface area contributed by atoms with E-state index < -0.39 is 0 Å². The van der Waals surface area contributed by atoms with Crippen LogP contribution >= 0.6 is 0 Å². The van der Waals surface area contributed by atoms with Crippen LogP contribution < -0.4 is 0 Å². The minimum atomic E-state index is 0.324. The Kier molecular flexibility index (Phi) is 4.22. The molecule has 94 valence electrons. The lowest BCUT2D eigenvalue weighted by atomic mass is 9.96. The molecule has 0 N–H and O–H groups in total. The molecule has 0 aromatic rings. The molecule has 1 rings (SSSR count). The van der Waals surface area contributed by atoms with E-state index in [-0.39, 0.29) is 0 Å². The minimum Gasteiger partial charge on any atom is -0.339 e. The predicted octanol–water partition coefficient (Wildman–Crippen LogP) is 3.13. The summed E-state index contributed by atoms with van der Waals surface area (Å²) in [6, 6.07) is 0.484. The summed E-state index contributed by atoms with van der Waals surface area (Å²) < 4.78 is 0. The van der Waals surface area contributed by atoms with Gasteiger partial charge in [-0.2, -0.15) is 5.10 Å². The van der Waals surface area contributed by atoms with Crippen molar-refractivity contribution < 1.29 is 0 Å². The second kappa shape index (κ2) is 5.07. The Labute approximate surface area is 100 Å². The van der Waals surface area contributed by atoms with Crippen LogP contribution in [0.25, 0.3) is 0 Å². The van der Waals surface area contributed by atoms with Gasteiger partial charge in [-0.3, -0.25) is 5.01 Å². The molecule has 0 aromatic carbocycles.